The van der Waals surface area contributed by atoms with Crippen LogP contribution in [0.25, 0.3) is 22.3 Å². The van der Waals surface area contributed by atoms with Gasteiger partial charge in [-0.3, -0.25) is 9.52 Å². The third-order valence-corrected chi connectivity index (χ3v) is 13.0. The van der Waals surface area contributed by atoms with Crippen LogP contribution in [0.2, 0.25) is 0 Å². The van der Waals surface area contributed by atoms with E-state index in [9.17, 15) is 4.79 Å². The number of fused-ring (bicyclic) bond motifs is 8. The van der Waals surface area contributed by atoms with Gasteiger partial charge in [0, 0.05) is 46.9 Å². The van der Waals surface area contributed by atoms with Gasteiger partial charge in [-0.05, 0) is 110 Å². The summed E-state index contributed by atoms with van der Waals surface area (Å²) in [6, 6.07) is 16.3. The summed E-state index contributed by atoms with van der Waals surface area (Å²) in [7, 11) is 1.77. The molecule has 2 N–H and O–H groups in total. The summed E-state index contributed by atoms with van der Waals surface area (Å²) in [6.45, 7) is 8.75. The van der Waals surface area contributed by atoms with Crippen LogP contribution in [0, 0.1) is 23.0 Å². The third kappa shape index (κ3) is 7.90. The number of benzene rings is 3. The highest BCUT2D eigenvalue weighted by atomic mass is 32.2. The number of thioether (sulfide) groups is 1. The highest BCUT2D eigenvalue weighted by molar-refractivity contribution is 7.99. The standard InChI is InChI=1S/C41H47F2N5O2S2/c1-25(38(49)47-52-29-11-12-29)20-26-8-6-9-27(21-26)41(4)17-7-16-40(2,3)24-51-19-15-31-30-14-18-44-35(30)23-34(43)36(31)50-28-10-13-33(42)32(22-28)37-45-39(41)46-48(37)5/h6,8-10,13-14,18,21-23,25,29,44H,7,11-12,15-17,19-20,24H2,1-5H3,(H,47,49). The van der Waals surface area contributed by atoms with Crippen molar-refractivity contribution in [2.45, 2.75) is 83.3 Å². The van der Waals surface area contributed by atoms with E-state index in [1.54, 1.807) is 29.7 Å². The van der Waals surface area contributed by atoms with E-state index >= 15 is 8.78 Å². The van der Waals surface area contributed by atoms with E-state index in [1.807, 2.05) is 37.0 Å². The van der Waals surface area contributed by atoms with Gasteiger partial charge in [0.2, 0.25) is 5.91 Å². The lowest BCUT2D eigenvalue weighted by atomic mass is 9.75. The lowest BCUT2D eigenvalue weighted by Crippen LogP contribution is -2.28. The molecule has 0 saturated heterocycles. The molecule has 1 fully saturated rings. The van der Waals surface area contributed by atoms with Gasteiger partial charge in [0.25, 0.3) is 0 Å². The molecule has 2 aromatic heterocycles. The summed E-state index contributed by atoms with van der Waals surface area (Å²) in [4.78, 5) is 21.0. The minimum absolute atomic E-state index is 0.0497. The fourth-order valence-corrected chi connectivity index (χ4v) is 9.15. The molecule has 274 valence electrons. The second kappa shape index (κ2) is 14.9. The molecule has 2 atom stereocenters. The minimum Gasteiger partial charge on any atom is -0.454 e. The van der Waals surface area contributed by atoms with Gasteiger partial charge < -0.3 is 9.72 Å². The Kier molecular flexibility index (Phi) is 10.5. The maximum absolute atomic E-state index is 15.7. The Bertz CT molecular complexity index is 2090. The molecule has 52 heavy (non-hydrogen) atoms. The summed E-state index contributed by atoms with van der Waals surface area (Å²) < 4.78 is 42.3. The zero-order valence-corrected chi connectivity index (χ0v) is 32.2. The molecule has 1 saturated carbocycles. The Morgan fingerprint density at radius 2 is 1.94 bits per heavy atom. The number of halogens is 2. The smallest absolute Gasteiger partial charge is 0.232 e. The fourth-order valence-electron chi connectivity index (χ4n) is 7.11. The Labute approximate surface area is 313 Å². The van der Waals surface area contributed by atoms with Gasteiger partial charge in [0.1, 0.15) is 11.6 Å². The van der Waals surface area contributed by atoms with Gasteiger partial charge in [-0.25, -0.2) is 18.4 Å². The number of aryl methyl sites for hydroxylation is 2. The first kappa shape index (κ1) is 36.5. The van der Waals surface area contributed by atoms with E-state index in [2.05, 4.69) is 48.7 Å². The van der Waals surface area contributed by atoms with Crippen molar-refractivity contribution in [3.8, 4) is 22.9 Å². The average Bonchev–Trinajstić information content (AvgIpc) is 3.69. The number of hydrogen-bond donors (Lipinski definition) is 2. The molecule has 0 radical (unpaired) electrons. The maximum atomic E-state index is 15.7. The second-order valence-electron chi connectivity index (χ2n) is 15.5. The number of nitrogens with one attached hydrogen (secondary N) is 2. The van der Waals surface area contributed by atoms with Gasteiger partial charge >= 0.3 is 0 Å². The quantitative estimate of drug-likeness (QED) is 0.169. The molecule has 0 spiro atoms. The lowest BCUT2D eigenvalue weighted by Gasteiger charge is -2.31. The Morgan fingerprint density at radius 3 is 2.75 bits per heavy atom. The number of aromatic amines is 1. The van der Waals surface area contributed by atoms with Crippen LogP contribution in [-0.4, -0.2) is 42.4 Å². The van der Waals surface area contributed by atoms with Crippen molar-refractivity contribution in [2.24, 2.45) is 18.4 Å². The molecule has 5 aromatic rings. The van der Waals surface area contributed by atoms with Gasteiger partial charge in [0.15, 0.2) is 23.2 Å². The SMILES string of the molecule is CC(Cc1cccc(C2(C)CCCC(C)(C)CSCCc3c(c(F)cc4[nH]ccc34)Oc3ccc(F)c(c3)-c3nc2nn3C)c1)C(=O)NSC1CC1. The van der Waals surface area contributed by atoms with Crippen molar-refractivity contribution < 1.29 is 18.3 Å². The van der Waals surface area contributed by atoms with Crippen molar-refractivity contribution >= 4 is 40.5 Å². The molecule has 1 amide bonds. The third-order valence-electron chi connectivity index (χ3n) is 10.4. The molecule has 7 nitrogen and oxygen atoms in total. The van der Waals surface area contributed by atoms with Crippen LogP contribution >= 0.6 is 23.7 Å². The number of nitrogens with zero attached hydrogens (tertiary/aromatic N) is 3. The zero-order chi connectivity index (χ0) is 36.6. The van der Waals surface area contributed by atoms with Crippen LogP contribution in [0.5, 0.6) is 11.5 Å². The van der Waals surface area contributed by atoms with Gasteiger partial charge in [0.05, 0.1) is 11.0 Å². The highest BCUT2D eigenvalue weighted by Gasteiger charge is 2.35. The molecule has 7 rings (SSSR count). The number of aromatic nitrogens is 4. The number of ether oxygens (including phenoxy) is 1. The Morgan fingerprint density at radius 1 is 1.12 bits per heavy atom. The summed E-state index contributed by atoms with van der Waals surface area (Å²) in [5, 5.41) is 6.40. The zero-order valence-electron chi connectivity index (χ0n) is 30.5. The molecular formula is C41H47F2N5O2S2. The van der Waals surface area contributed by atoms with Crippen LogP contribution < -0.4 is 9.46 Å². The molecule has 2 unspecified atom stereocenters. The first-order chi connectivity index (χ1) is 24.9. The molecule has 11 heteroatoms. The number of rotatable bonds is 6. The van der Waals surface area contributed by atoms with Crippen LogP contribution in [0.1, 0.15) is 82.3 Å². The van der Waals surface area contributed by atoms with Gasteiger partial charge in [-0.2, -0.15) is 16.9 Å². The van der Waals surface area contributed by atoms with Crippen molar-refractivity contribution in [3.63, 3.8) is 0 Å². The largest absolute Gasteiger partial charge is 0.454 e. The van der Waals surface area contributed by atoms with Crippen LogP contribution in [-0.2, 0) is 30.1 Å². The topological polar surface area (TPSA) is 84.8 Å². The lowest BCUT2D eigenvalue weighted by molar-refractivity contribution is -0.122. The number of carbonyl (C=O) groups is 1. The number of hydrogen-bond acceptors (Lipinski definition) is 6. The molecule has 3 heterocycles. The fraction of sp³-hybridized carbons (Fsp3) is 0.439. The predicted octanol–water partition coefficient (Wildman–Crippen LogP) is 9.93. The van der Waals surface area contributed by atoms with Crippen LogP contribution in [0.3, 0.4) is 0 Å². The molecular weight excluding hydrogens is 697 g/mol. The number of carbonyl (C=O) groups excluding carboxylic acids is 1. The molecule has 1 aliphatic heterocycles. The predicted molar refractivity (Wildman–Crippen MR) is 208 cm³/mol. The van der Waals surface area contributed by atoms with Crippen LogP contribution in [0.4, 0.5) is 8.78 Å². The first-order valence-electron chi connectivity index (χ1n) is 18.2. The van der Waals surface area contributed by atoms with E-state index in [0.717, 1.165) is 71.2 Å². The highest BCUT2D eigenvalue weighted by Crippen LogP contribution is 2.41. The average molecular weight is 744 g/mol. The summed E-state index contributed by atoms with van der Waals surface area (Å²) in [5.74, 6) is 2.12. The molecule has 4 bridgehead atoms. The van der Waals surface area contributed by atoms with Crippen molar-refractivity contribution in [1.82, 2.24) is 24.5 Å². The number of H-pyrrole nitrogens is 1. The van der Waals surface area contributed by atoms with Crippen molar-refractivity contribution in [3.05, 3.63) is 94.9 Å². The summed E-state index contributed by atoms with van der Waals surface area (Å²) in [6.07, 6.45) is 8.07. The van der Waals surface area contributed by atoms with E-state index in [1.165, 1.54) is 18.2 Å². The van der Waals surface area contributed by atoms with Gasteiger partial charge in [-0.1, -0.05) is 51.5 Å². The van der Waals surface area contributed by atoms with Crippen molar-refractivity contribution in [2.75, 3.05) is 11.5 Å². The van der Waals surface area contributed by atoms with E-state index in [0.29, 0.717) is 35.5 Å². The van der Waals surface area contributed by atoms with Crippen molar-refractivity contribution in [1.29, 1.82) is 0 Å². The van der Waals surface area contributed by atoms with E-state index in [4.69, 9.17) is 14.8 Å². The monoisotopic (exact) mass is 743 g/mol. The van der Waals surface area contributed by atoms with E-state index in [-0.39, 0.29) is 28.6 Å². The van der Waals surface area contributed by atoms with Crippen LogP contribution in [0.15, 0.2) is 60.8 Å². The molecule has 2 aliphatic rings. The summed E-state index contributed by atoms with van der Waals surface area (Å²) >= 11 is 3.41. The summed E-state index contributed by atoms with van der Waals surface area (Å²) in [5.41, 5.74) is 3.32. The van der Waals surface area contributed by atoms with Gasteiger partial charge in [-0.15, -0.1) is 0 Å². The second-order valence-corrected chi connectivity index (χ2v) is 17.7. The Hall–Kier alpha value is -3.83. The molecule has 1 aliphatic carbocycles. The van der Waals surface area contributed by atoms with E-state index < -0.39 is 17.0 Å². The minimum atomic E-state index is -0.595. The number of amides is 1. The molecule has 3 aromatic carbocycles. The first-order valence-corrected chi connectivity index (χ1v) is 20.2. The normalized spacial score (nSPS) is 20.0. The Balaban J connectivity index is 1.26. The maximum Gasteiger partial charge on any atom is 0.232 e.